The second kappa shape index (κ2) is 4.72. The molecule has 0 spiro atoms. The number of nitrogens with two attached hydrogens (primary N) is 1. The molecule has 0 atom stereocenters. The fourth-order valence-electron chi connectivity index (χ4n) is 2.04. The minimum Gasteiger partial charge on any atom is -0.382 e. The number of hydrogen-bond donors (Lipinski definition) is 2. The van der Waals surface area contributed by atoms with E-state index in [9.17, 15) is 0 Å². The van der Waals surface area contributed by atoms with Gasteiger partial charge in [-0.1, -0.05) is 29.8 Å². The van der Waals surface area contributed by atoms with E-state index in [0.717, 1.165) is 21.7 Å². The smallest absolute Gasteiger partial charge is 0.153 e. The zero-order valence-electron chi connectivity index (χ0n) is 10.3. The number of anilines is 1. The van der Waals surface area contributed by atoms with Gasteiger partial charge in [0.15, 0.2) is 5.82 Å². The van der Waals surface area contributed by atoms with Crippen LogP contribution in [0.5, 0.6) is 0 Å². The summed E-state index contributed by atoms with van der Waals surface area (Å²) in [4.78, 5) is 2.35. The van der Waals surface area contributed by atoms with Crippen molar-refractivity contribution in [3.63, 3.8) is 0 Å². The summed E-state index contributed by atoms with van der Waals surface area (Å²) in [6, 6.07) is 11.8. The molecule has 2 aromatic heterocycles. The van der Waals surface area contributed by atoms with E-state index in [-0.39, 0.29) is 0 Å². The van der Waals surface area contributed by atoms with Crippen molar-refractivity contribution in [2.75, 3.05) is 5.73 Å². The van der Waals surface area contributed by atoms with Crippen molar-refractivity contribution < 1.29 is 0 Å². The Kier molecular flexibility index (Phi) is 3.05. The molecule has 3 nitrogen and oxygen atoms in total. The van der Waals surface area contributed by atoms with Crippen molar-refractivity contribution >= 4 is 28.8 Å². The Bertz CT molecular complexity index is 730. The van der Waals surface area contributed by atoms with Crippen molar-refractivity contribution in [3.05, 3.63) is 46.3 Å². The first-order valence-corrected chi connectivity index (χ1v) is 7.02. The normalized spacial score (nSPS) is 10.8. The van der Waals surface area contributed by atoms with Crippen LogP contribution in [0, 0.1) is 6.92 Å². The second-order valence-corrected chi connectivity index (χ2v) is 5.94. The van der Waals surface area contributed by atoms with Gasteiger partial charge in [-0.2, -0.15) is 5.10 Å². The SMILES string of the molecule is Cc1ccc(-c2[nH]nc(N)c2-c2ccccc2Cl)s1. The maximum absolute atomic E-state index is 6.26. The quantitative estimate of drug-likeness (QED) is 0.737. The van der Waals surface area contributed by atoms with E-state index in [1.165, 1.54) is 4.88 Å². The Morgan fingerprint density at radius 1 is 1.21 bits per heavy atom. The topological polar surface area (TPSA) is 54.7 Å². The predicted octanol–water partition coefficient (Wildman–Crippen LogP) is 4.35. The lowest BCUT2D eigenvalue weighted by atomic mass is 10.0. The molecule has 0 fully saturated rings. The molecule has 3 rings (SSSR count). The van der Waals surface area contributed by atoms with Gasteiger partial charge in [-0.3, -0.25) is 5.10 Å². The maximum atomic E-state index is 6.26. The van der Waals surface area contributed by atoms with Crippen LogP contribution in [0.3, 0.4) is 0 Å². The molecule has 1 aromatic carbocycles. The standard InChI is InChI=1S/C14H12ClN3S/c1-8-6-7-11(19-8)13-12(14(16)18-17-13)9-4-2-3-5-10(9)15/h2-7H,1H3,(H3,16,17,18). The Hall–Kier alpha value is -1.78. The Balaban J connectivity index is 2.22. The van der Waals surface area contributed by atoms with Gasteiger partial charge < -0.3 is 5.73 Å². The van der Waals surface area contributed by atoms with Gasteiger partial charge in [-0.05, 0) is 25.1 Å². The number of nitrogens with one attached hydrogen (secondary N) is 1. The highest BCUT2D eigenvalue weighted by atomic mass is 35.5. The van der Waals surface area contributed by atoms with E-state index in [4.69, 9.17) is 17.3 Å². The van der Waals surface area contributed by atoms with Crippen molar-refractivity contribution in [1.29, 1.82) is 0 Å². The predicted molar refractivity (Wildman–Crippen MR) is 81.5 cm³/mol. The third-order valence-corrected chi connectivity index (χ3v) is 4.27. The number of benzene rings is 1. The van der Waals surface area contributed by atoms with Crippen LogP contribution >= 0.6 is 22.9 Å². The molecule has 0 aliphatic rings. The molecule has 0 aliphatic heterocycles. The molecule has 2 heterocycles. The molecule has 0 amide bonds. The van der Waals surface area contributed by atoms with Crippen molar-refractivity contribution in [3.8, 4) is 21.7 Å². The van der Waals surface area contributed by atoms with Gasteiger partial charge in [0, 0.05) is 15.5 Å². The van der Waals surface area contributed by atoms with E-state index in [0.29, 0.717) is 10.8 Å². The van der Waals surface area contributed by atoms with Gasteiger partial charge in [0.25, 0.3) is 0 Å². The van der Waals surface area contributed by atoms with Crippen LogP contribution in [-0.4, -0.2) is 10.2 Å². The van der Waals surface area contributed by atoms with Crippen molar-refractivity contribution in [2.45, 2.75) is 6.92 Å². The molecule has 0 saturated heterocycles. The first kappa shape index (κ1) is 12.3. The van der Waals surface area contributed by atoms with E-state index in [1.807, 2.05) is 24.3 Å². The third kappa shape index (κ3) is 2.13. The van der Waals surface area contributed by atoms with E-state index < -0.39 is 0 Å². The Morgan fingerprint density at radius 3 is 2.68 bits per heavy atom. The zero-order valence-corrected chi connectivity index (χ0v) is 11.8. The minimum atomic E-state index is 0.467. The molecule has 3 aromatic rings. The van der Waals surface area contributed by atoms with Crippen LogP contribution in [0.4, 0.5) is 5.82 Å². The number of hydrogen-bond acceptors (Lipinski definition) is 3. The molecule has 0 unspecified atom stereocenters. The highest BCUT2D eigenvalue weighted by Gasteiger charge is 2.17. The summed E-state index contributed by atoms with van der Waals surface area (Å²) >= 11 is 7.96. The number of H-pyrrole nitrogens is 1. The molecule has 0 saturated carbocycles. The number of nitrogen functional groups attached to an aromatic ring is 1. The van der Waals surface area contributed by atoms with Crippen LogP contribution in [0.25, 0.3) is 21.7 Å². The fraction of sp³-hybridized carbons (Fsp3) is 0.0714. The lowest BCUT2D eigenvalue weighted by Crippen LogP contribution is -1.89. The van der Waals surface area contributed by atoms with Crippen LogP contribution in [0.2, 0.25) is 5.02 Å². The number of aromatic amines is 1. The molecule has 0 aliphatic carbocycles. The monoisotopic (exact) mass is 289 g/mol. The van der Waals surface area contributed by atoms with Crippen molar-refractivity contribution in [2.24, 2.45) is 0 Å². The number of aromatic nitrogens is 2. The Morgan fingerprint density at radius 2 is 2.00 bits per heavy atom. The van der Waals surface area contributed by atoms with Crippen molar-refractivity contribution in [1.82, 2.24) is 10.2 Å². The lowest BCUT2D eigenvalue weighted by molar-refractivity contribution is 1.11. The summed E-state index contributed by atoms with van der Waals surface area (Å²) in [6.07, 6.45) is 0. The molecular weight excluding hydrogens is 278 g/mol. The highest BCUT2D eigenvalue weighted by molar-refractivity contribution is 7.15. The minimum absolute atomic E-state index is 0.467. The van der Waals surface area contributed by atoms with Gasteiger partial charge in [-0.25, -0.2) is 0 Å². The largest absolute Gasteiger partial charge is 0.382 e. The zero-order chi connectivity index (χ0) is 13.4. The maximum Gasteiger partial charge on any atom is 0.153 e. The van der Waals surface area contributed by atoms with E-state index in [2.05, 4.69) is 29.3 Å². The molecular formula is C14H12ClN3S. The molecule has 3 N–H and O–H groups in total. The average molecular weight is 290 g/mol. The number of nitrogens with zero attached hydrogens (tertiary/aromatic N) is 1. The first-order chi connectivity index (χ1) is 9.16. The summed E-state index contributed by atoms with van der Waals surface area (Å²) in [5.74, 6) is 0.467. The second-order valence-electron chi connectivity index (χ2n) is 4.25. The van der Waals surface area contributed by atoms with Gasteiger partial charge in [0.05, 0.1) is 16.1 Å². The number of rotatable bonds is 2. The molecule has 5 heteroatoms. The lowest BCUT2D eigenvalue weighted by Gasteiger charge is -2.05. The number of aryl methyl sites for hydroxylation is 1. The summed E-state index contributed by atoms with van der Waals surface area (Å²) in [6.45, 7) is 2.07. The van der Waals surface area contributed by atoms with Gasteiger partial charge in [0.1, 0.15) is 0 Å². The number of thiophene rings is 1. The van der Waals surface area contributed by atoms with Crippen LogP contribution in [0.1, 0.15) is 4.88 Å². The summed E-state index contributed by atoms with van der Waals surface area (Å²) in [7, 11) is 0. The fourth-order valence-corrected chi connectivity index (χ4v) is 3.14. The van der Waals surface area contributed by atoms with Gasteiger partial charge in [-0.15, -0.1) is 11.3 Å². The summed E-state index contributed by atoms with van der Waals surface area (Å²) in [5.41, 5.74) is 8.68. The summed E-state index contributed by atoms with van der Waals surface area (Å²) in [5, 5.41) is 7.80. The van der Waals surface area contributed by atoms with Gasteiger partial charge >= 0.3 is 0 Å². The number of halogens is 1. The van der Waals surface area contributed by atoms with E-state index in [1.54, 1.807) is 11.3 Å². The molecule has 0 radical (unpaired) electrons. The van der Waals surface area contributed by atoms with Gasteiger partial charge in [0.2, 0.25) is 0 Å². The van der Waals surface area contributed by atoms with Crippen LogP contribution in [-0.2, 0) is 0 Å². The molecule has 0 bridgehead atoms. The average Bonchev–Trinajstić information content (AvgIpc) is 2.96. The van der Waals surface area contributed by atoms with Crippen LogP contribution in [0.15, 0.2) is 36.4 Å². The highest BCUT2D eigenvalue weighted by Crippen LogP contribution is 2.40. The van der Waals surface area contributed by atoms with Crippen LogP contribution < -0.4 is 5.73 Å². The molecule has 19 heavy (non-hydrogen) atoms. The van der Waals surface area contributed by atoms with E-state index >= 15 is 0 Å². The Labute approximate surface area is 120 Å². The molecule has 96 valence electrons. The summed E-state index contributed by atoms with van der Waals surface area (Å²) < 4.78 is 0. The third-order valence-electron chi connectivity index (χ3n) is 2.92. The first-order valence-electron chi connectivity index (χ1n) is 5.82.